The van der Waals surface area contributed by atoms with Gasteiger partial charge in [0.05, 0.1) is 23.4 Å². The van der Waals surface area contributed by atoms with Gasteiger partial charge < -0.3 is 14.4 Å². The molecule has 3 saturated carbocycles. The fourth-order valence-corrected chi connectivity index (χ4v) is 6.42. The second kappa shape index (κ2) is 8.23. The van der Waals surface area contributed by atoms with Crippen LogP contribution in [-0.4, -0.2) is 21.4 Å². The van der Waals surface area contributed by atoms with E-state index in [1.807, 2.05) is 30.3 Å². The summed E-state index contributed by atoms with van der Waals surface area (Å²) in [6.45, 7) is 2.51. The molecule has 2 aromatic heterocycles. The Morgan fingerprint density at radius 3 is 2.55 bits per heavy atom. The number of aryl methyl sites for hydroxylation is 1. The van der Waals surface area contributed by atoms with E-state index in [9.17, 15) is 5.11 Å². The topological polar surface area (TPSA) is 68.4 Å². The van der Waals surface area contributed by atoms with Crippen molar-refractivity contribution >= 4 is 11.6 Å². The minimum Gasteiger partial charge on any atom is -0.383 e. The lowest BCUT2D eigenvalue weighted by Gasteiger charge is -2.42. The van der Waals surface area contributed by atoms with Gasteiger partial charge in [-0.15, -0.1) is 0 Å². The molecule has 0 amide bonds. The molecule has 2 bridgehead atoms. The summed E-state index contributed by atoms with van der Waals surface area (Å²) in [6.07, 6.45) is 7.86. The van der Waals surface area contributed by atoms with Crippen molar-refractivity contribution in [1.29, 1.82) is 0 Å². The normalized spacial score (nSPS) is 28.9. The van der Waals surface area contributed by atoms with Crippen LogP contribution in [0.4, 0.5) is 0 Å². The van der Waals surface area contributed by atoms with Crippen molar-refractivity contribution in [2.24, 2.45) is 11.8 Å². The Kier molecular flexibility index (Phi) is 5.32. The number of benzene rings is 1. The monoisotopic (exact) mass is 464 g/mol. The molecule has 1 aromatic carbocycles. The zero-order chi connectivity index (χ0) is 22.6. The molecule has 5 nitrogen and oxygen atoms in total. The van der Waals surface area contributed by atoms with Crippen molar-refractivity contribution in [2.75, 3.05) is 0 Å². The molecular formula is C27H29ClN2O3. The van der Waals surface area contributed by atoms with Crippen molar-refractivity contribution in [3.05, 3.63) is 70.2 Å². The molecule has 0 saturated heterocycles. The second-order valence-electron chi connectivity index (χ2n) is 10.00. The predicted molar refractivity (Wildman–Crippen MR) is 126 cm³/mol. The Morgan fingerprint density at radius 1 is 1.09 bits per heavy atom. The van der Waals surface area contributed by atoms with Gasteiger partial charge in [-0.05, 0) is 81.0 Å². The third kappa shape index (κ3) is 3.61. The first-order valence-electron chi connectivity index (χ1n) is 12.0. The van der Waals surface area contributed by atoms with Crippen LogP contribution in [0.2, 0.25) is 5.02 Å². The summed E-state index contributed by atoms with van der Waals surface area (Å²) < 4.78 is 12.4. The van der Waals surface area contributed by atoms with Gasteiger partial charge in [0.25, 0.3) is 0 Å². The number of hydrogen-bond donors (Lipinski definition) is 1. The van der Waals surface area contributed by atoms with Crippen molar-refractivity contribution < 1.29 is 14.4 Å². The van der Waals surface area contributed by atoms with Gasteiger partial charge in [0.1, 0.15) is 17.1 Å². The average Bonchev–Trinajstić information content (AvgIpc) is 3.56. The summed E-state index contributed by atoms with van der Waals surface area (Å²) >= 11 is 6.57. The molecule has 172 valence electrons. The second-order valence-corrected chi connectivity index (χ2v) is 10.4. The van der Waals surface area contributed by atoms with E-state index in [0.29, 0.717) is 17.5 Å². The molecule has 0 spiro atoms. The predicted octanol–water partition coefficient (Wildman–Crippen LogP) is 6.17. The summed E-state index contributed by atoms with van der Waals surface area (Å²) in [5.74, 6) is 1.73. The fraction of sp³-hybridized carbons (Fsp3) is 0.481. The summed E-state index contributed by atoms with van der Waals surface area (Å²) in [5, 5.41) is 16.8. The quantitative estimate of drug-likeness (QED) is 0.472. The first kappa shape index (κ1) is 21.3. The standard InChI is InChI=1S/C27H29ClN2O3/c1-16-5-4-6-22(28)24(16)25-21(26(33-30-25)17-8-9-17)15-32-20-13-18-10-11-19(14-20)27(18,31)23-7-2-3-12-29-23/h2-7,12,17-20,31H,8-11,13-15H2,1H3/t18-,19+,20?,27?. The highest BCUT2D eigenvalue weighted by atomic mass is 35.5. The molecule has 6 heteroatoms. The maximum Gasteiger partial charge on any atom is 0.145 e. The number of halogens is 1. The van der Waals surface area contributed by atoms with Crippen molar-refractivity contribution in [3.63, 3.8) is 0 Å². The van der Waals surface area contributed by atoms with E-state index in [1.54, 1.807) is 6.20 Å². The molecule has 3 fully saturated rings. The molecule has 0 radical (unpaired) electrons. The Labute approximate surface area is 199 Å². The van der Waals surface area contributed by atoms with E-state index >= 15 is 0 Å². The van der Waals surface area contributed by atoms with E-state index in [-0.39, 0.29) is 17.9 Å². The molecular weight excluding hydrogens is 436 g/mol. The number of aliphatic hydroxyl groups is 1. The number of hydrogen-bond acceptors (Lipinski definition) is 5. The Hall–Kier alpha value is -2.21. The van der Waals surface area contributed by atoms with Crippen molar-refractivity contribution in [1.82, 2.24) is 10.1 Å². The average molecular weight is 465 g/mol. The first-order chi connectivity index (χ1) is 16.1. The number of ether oxygens (including phenoxy) is 1. The third-order valence-electron chi connectivity index (χ3n) is 7.97. The van der Waals surface area contributed by atoms with Crippen molar-refractivity contribution in [3.8, 4) is 11.3 Å². The fourth-order valence-electron chi connectivity index (χ4n) is 6.11. The minimum atomic E-state index is -0.836. The van der Waals surface area contributed by atoms with Gasteiger partial charge in [0.2, 0.25) is 0 Å². The van der Waals surface area contributed by atoms with E-state index in [0.717, 1.165) is 72.4 Å². The highest BCUT2D eigenvalue weighted by Crippen LogP contribution is 2.55. The number of pyridine rings is 1. The Morgan fingerprint density at radius 2 is 1.88 bits per heavy atom. The Bertz CT molecular complexity index is 1120. The number of nitrogens with zero attached hydrogens (tertiary/aromatic N) is 2. The minimum absolute atomic E-state index is 0.105. The Balaban J connectivity index is 1.24. The van der Waals surface area contributed by atoms with Crippen LogP contribution in [0.1, 0.15) is 67.0 Å². The van der Waals surface area contributed by atoms with E-state index in [1.165, 1.54) is 0 Å². The van der Waals surface area contributed by atoms with Gasteiger partial charge >= 0.3 is 0 Å². The smallest absolute Gasteiger partial charge is 0.145 e. The molecule has 2 heterocycles. The zero-order valence-electron chi connectivity index (χ0n) is 18.8. The molecule has 0 aliphatic heterocycles. The number of aromatic nitrogens is 2. The SMILES string of the molecule is Cc1cccc(Cl)c1-c1noc(C2CC2)c1COC1C[C@H]2CC[C@@H](C1)C2(O)c1ccccn1. The van der Waals surface area contributed by atoms with Crippen LogP contribution in [0.15, 0.2) is 47.1 Å². The molecule has 6 rings (SSSR count). The van der Waals surface area contributed by atoms with Gasteiger partial charge in [0.15, 0.2) is 0 Å². The number of rotatable bonds is 6. The van der Waals surface area contributed by atoms with Gasteiger partial charge in [-0.3, -0.25) is 4.98 Å². The third-order valence-corrected chi connectivity index (χ3v) is 8.28. The van der Waals surface area contributed by atoms with Crippen LogP contribution < -0.4 is 0 Å². The lowest BCUT2D eigenvalue weighted by atomic mass is 9.71. The summed E-state index contributed by atoms with van der Waals surface area (Å²) in [4.78, 5) is 4.50. The lowest BCUT2D eigenvalue weighted by Crippen LogP contribution is -2.45. The van der Waals surface area contributed by atoms with Gasteiger partial charge in [-0.25, -0.2) is 0 Å². The highest BCUT2D eigenvalue weighted by Gasteiger charge is 2.55. The molecule has 4 atom stereocenters. The summed E-state index contributed by atoms with van der Waals surface area (Å²) in [7, 11) is 0. The number of fused-ring (bicyclic) bond motifs is 2. The van der Waals surface area contributed by atoms with Crippen LogP contribution in [0, 0.1) is 18.8 Å². The van der Waals surface area contributed by atoms with E-state index in [2.05, 4.69) is 23.1 Å². The van der Waals surface area contributed by atoms with Crippen LogP contribution >= 0.6 is 11.6 Å². The largest absolute Gasteiger partial charge is 0.383 e. The maximum atomic E-state index is 11.6. The highest BCUT2D eigenvalue weighted by molar-refractivity contribution is 6.33. The molecule has 3 aliphatic rings. The molecule has 2 unspecified atom stereocenters. The van der Waals surface area contributed by atoms with E-state index in [4.69, 9.17) is 20.9 Å². The molecule has 3 aromatic rings. The first-order valence-corrected chi connectivity index (χ1v) is 12.4. The van der Waals surface area contributed by atoms with Crippen LogP contribution in [0.3, 0.4) is 0 Å². The van der Waals surface area contributed by atoms with Crippen LogP contribution in [-0.2, 0) is 16.9 Å². The van der Waals surface area contributed by atoms with Gasteiger partial charge in [-0.1, -0.05) is 35.0 Å². The van der Waals surface area contributed by atoms with Crippen LogP contribution in [0.25, 0.3) is 11.3 Å². The van der Waals surface area contributed by atoms with Crippen molar-refractivity contribution in [2.45, 2.75) is 69.7 Å². The maximum absolute atomic E-state index is 11.6. The molecule has 3 aliphatic carbocycles. The zero-order valence-corrected chi connectivity index (χ0v) is 19.6. The van der Waals surface area contributed by atoms with Crippen LogP contribution in [0.5, 0.6) is 0 Å². The van der Waals surface area contributed by atoms with E-state index < -0.39 is 5.60 Å². The van der Waals surface area contributed by atoms with Gasteiger partial charge in [0, 0.05) is 23.2 Å². The molecule has 33 heavy (non-hydrogen) atoms. The lowest BCUT2D eigenvalue weighted by molar-refractivity contribution is -0.118. The molecule has 1 N–H and O–H groups in total. The summed E-state index contributed by atoms with van der Waals surface area (Å²) in [6, 6.07) is 11.7. The summed E-state index contributed by atoms with van der Waals surface area (Å²) in [5.41, 5.74) is 3.83. The van der Waals surface area contributed by atoms with Gasteiger partial charge in [-0.2, -0.15) is 0 Å².